The number of hydrogen-bond acceptors (Lipinski definition) is 25. The SMILES string of the molecule is CCCCCOc1ccc(-c2nn3cc(-c4ccc(C(=O)NC5CC(O)CNC(=O)C6C(O)C(C)CN6C(=O)C(C(O)CC(N)=O)NC(=O)C(C(O)C(O)c6ccc(O)c(OSOOO)c6)NC(=O)C6CC(O)CN6C(=O)C(C(C)O)NC5=O)cc4)nc3s2)cc1. The first-order valence-corrected chi connectivity index (χ1v) is 30.4. The number of primary amides is 1. The number of aliphatic hydroxyl groups is 7. The lowest BCUT2D eigenvalue weighted by Crippen LogP contribution is -2.64. The number of rotatable bonds is 20. The average Bonchev–Trinajstić information content (AvgIpc) is 2.09. The van der Waals surface area contributed by atoms with Crippen LogP contribution in [0.3, 0.4) is 0 Å². The number of nitrogens with one attached hydrogen (secondary N) is 5. The van der Waals surface area contributed by atoms with E-state index in [0.717, 1.165) is 65.5 Å². The summed E-state index contributed by atoms with van der Waals surface area (Å²) >= 11 is 1.32. The standard InChI is InChI=1S/C57H71N11O21S2/c1-4-5-6-17-86-34-14-11-30(12-15-34)54-65-68-25-36(61-57(68)90-54)28-7-9-29(10-8-28)49(78)60-35-19-32(70)22-59-53(82)45-46(75)26(2)23-67(45)56(84)43(39(73)21-41(58)74)63-52(81)44(48(77)47(76)31-13-16-38(72)40(18-31)87-91-89-88-85)64-51(80)37-20-33(71)24-66(37)55(83)42(27(3)69)62-50(35)79/h7-16,18,25-27,32-33,35,37,39,42-48,69-73,75-77,85H,4-6,17,19-24H2,1-3H3,(H2,58,74)(H,59,82)(H,60,78)(H,62,79)(H,63,81)(H,64,80). The van der Waals surface area contributed by atoms with Crippen molar-refractivity contribution >= 4 is 75.9 Å². The van der Waals surface area contributed by atoms with Crippen LogP contribution in [0.25, 0.3) is 26.8 Å². The zero-order valence-electron chi connectivity index (χ0n) is 49.1. The van der Waals surface area contributed by atoms with E-state index in [0.29, 0.717) is 27.8 Å². The van der Waals surface area contributed by atoms with Crippen molar-refractivity contribution in [1.82, 2.24) is 51.0 Å². The van der Waals surface area contributed by atoms with E-state index in [1.807, 2.05) is 24.3 Å². The van der Waals surface area contributed by atoms with Gasteiger partial charge in [0.1, 0.15) is 59.2 Å². The number of benzene rings is 3. The van der Waals surface area contributed by atoms with Gasteiger partial charge >= 0.3 is 0 Å². The van der Waals surface area contributed by atoms with E-state index in [9.17, 15) is 79.2 Å². The van der Waals surface area contributed by atoms with Gasteiger partial charge in [0.05, 0.1) is 55.4 Å². The number of nitrogens with two attached hydrogens (primary N) is 1. The summed E-state index contributed by atoms with van der Waals surface area (Å²) in [5.74, 6) is -11.2. The van der Waals surface area contributed by atoms with Gasteiger partial charge in [-0.05, 0) is 67.4 Å². The number of β-amino-alcohol motifs (C(OH)–C–C–N with tert-alkyl or cyclic N) is 1. The highest BCUT2D eigenvalue weighted by atomic mass is 32.2. The predicted octanol–water partition coefficient (Wildman–Crippen LogP) is -1.92. The number of aromatic hydroxyl groups is 1. The summed E-state index contributed by atoms with van der Waals surface area (Å²) < 4.78 is 16.7. The molecule has 2 aromatic heterocycles. The van der Waals surface area contributed by atoms with Crippen molar-refractivity contribution in [2.45, 2.75) is 138 Å². The van der Waals surface area contributed by atoms with Crippen LogP contribution in [0.1, 0.15) is 81.3 Å². The molecule has 3 aliphatic rings. The van der Waals surface area contributed by atoms with Crippen molar-refractivity contribution in [2.75, 3.05) is 26.2 Å². The van der Waals surface area contributed by atoms with Gasteiger partial charge in [-0.25, -0.2) is 14.8 Å². The molecule has 3 fully saturated rings. The minimum absolute atomic E-state index is 0.0120. The van der Waals surface area contributed by atoms with Crippen molar-refractivity contribution < 1.29 is 103 Å². The summed E-state index contributed by atoms with van der Waals surface area (Å²) in [5, 5.41) is 119. The number of aliphatic hydroxyl groups excluding tert-OH is 7. The van der Waals surface area contributed by atoms with Crippen LogP contribution >= 0.6 is 23.7 Å². The normalized spacial score (nSPS) is 25.2. The molecular formula is C57H71N11O21S2. The molecule has 0 aliphatic carbocycles. The number of unbranched alkanes of at least 4 members (excludes halogenated alkanes) is 2. The first kappa shape index (κ1) is 68.8. The monoisotopic (exact) mass is 1310 g/mol. The Labute approximate surface area is 526 Å². The third-order valence-electron chi connectivity index (χ3n) is 15.5. The fourth-order valence-corrected chi connectivity index (χ4v) is 11.8. The van der Waals surface area contributed by atoms with E-state index in [2.05, 4.69) is 42.9 Å². The van der Waals surface area contributed by atoms with E-state index in [-0.39, 0.29) is 23.5 Å². The average molecular weight is 1310 g/mol. The largest absolute Gasteiger partial charge is 0.504 e. The number of carbonyl (C=O) groups excluding carboxylic acids is 8. The molecule has 5 heterocycles. The van der Waals surface area contributed by atoms with E-state index >= 15 is 0 Å². The molecule has 3 aromatic carbocycles. The van der Waals surface area contributed by atoms with Crippen molar-refractivity contribution in [2.24, 2.45) is 11.7 Å². The van der Waals surface area contributed by atoms with E-state index in [1.54, 1.807) is 22.8 Å². The van der Waals surface area contributed by atoms with Gasteiger partial charge in [0.25, 0.3) is 18.2 Å². The Morgan fingerprint density at radius 1 is 0.824 bits per heavy atom. The molecule has 3 saturated heterocycles. The van der Waals surface area contributed by atoms with Crippen molar-refractivity contribution in [1.29, 1.82) is 0 Å². The summed E-state index contributed by atoms with van der Waals surface area (Å²) in [6, 6.07) is 4.23. The van der Waals surface area contributed by atoms with Gasteiger partial charge in [0, 0.05) is 55.1 Å². The quantitative estimate of drug-likeness (QED) is 0.0175. The maximum atomic E-state index is 14.7. The van der Waals surface area contributed by atoms with Gasteiger partial charge < -0.3 is 91.9 Å². The minimum atomic E-state index is -2.53. The molecule has 0 spiro atoms. The number of imidazole rings is 1. The third kappa shape index (κ3) is 16.7. The van der Waals surface area contributed by atoms with Gasteiger partial charge in [0.2, 0.25) is 46.3 Å². The van der Waals surface area contributed by atoms with Crippen LogP contribution < -0.4 is 41.2 Å². The highest BCUT2D eigenvalue weighted by molar-refractivity contribution is 7.90. The van der Waals surface area contributed by atoms with E-state index in [1.165, 1.54) is 30.4 Å². The number of amides is 8. The number of nitrogens with zero attached hydrogens (tertiary/aromatic N) is 5. The maximum Gasteiger partial charge on any atom is 0.261 e. The molecule has 5 aromatic rings. The van der Waals surface area contributed by atoms with Crippen LogP contribution in [0.15, 0.2) is 72.9 Å². The van der Waals surface area contributed by atoms with Crippen LogP contribution in [0.5, 0.6) is 17.2 Å². The van der Waals surface area contributed by atoms with Crippen molar-refractivity contribution in [3.05, 3.63) is 84.1 Å². The molecule has 0 bridgehead atoms. The summed E-state index contributed by atoms with van der Waals surface area (Å²) in [6.45, 7) is 3.43. The first-order valence-electron chi connectivity index (χ1n) is 28.9. The van der Waals surface area contributed by atoms with Gasteiger partial charge in [-0.3, -0.25) is 38.4 Å². The highest BCUT2D eigenvalue weighted by Crippen LogP contribution is 2.35. The molecule has 3 aliphatic heterocycles. The minimum Gasteiger partial charge on any atom is -0.504 e. The molecule has 91 heavy (non-hydrogen) atoms. The molecule has 32 nitrogen and oxygen atoms in total. The van der Waals surface area contributed by atoms with Crippen LogP contribution in [0.2, 0.25) is 0 Å². The van der Waals surface area contributed by atoms with Crippen molar-refractivity contribution in [3.63, 3.8) is 0 Å². The maximum absolute atomic E-state index is 14.7. The van der Waals surface area contributed by atoms with Gasteiger partial charge in [0.15, 0.2) is 11.5 Å². The molecule has 34 heteroatoms. The summed E-state index contributed by atoms with van der Waals surface area (Å²) in [7, 11) is 0. The lowest BCUT2D eigenvalue weighted by Gasteiger charge is -2.34. The Morgan fingerprint density at radius 3 is 2.18 bits per heavy atom. The van der Waals surface area contributed by atoms with Crippen LogP contribution in [-0.2, 0) is 42.9 Å². The second-order valence-corrected chi connectivity index (χ2v) is 23.7. The van der Waals surface area contributed by atoms with Crippen LogP contribution in [0, 0.1) is 5.92 Å². The molecule has 0 saturated carbocycles. The van der Waals surface area contributed by atoms with Crippen LogP contribution in [0.4, 0.5) is 0 Å². The Balaban J connectivity index is 1.08. The number of carbonyl (C=O) groups is 8. The number of hydrogen-bond donors (Lipinski definition) is 15. The molecule has 8 rings (SSSR count). The molecule has 8 amide bonds. The second kappa shape index (κ2) is 30.8. The number of phenols is 1. The van der Waals surface area contributed by atoms with Gasteiger partial charge in [-0.15, -0.1) is 0 Å². The molecular weight excluding hydrogens is 1240 g/mol. The number of fused-ring (bicyclic) bond motifs is 3. The number of aromatic nitrogens is 3. The Kier molecular flexibility index (Phi) is 23.3. The fourth-order valence-electron chi connectivity index (χ4n) is 10.7. The van der Waals surface area contributed by atoms with Gasteiger partial charge in [-0.2, -0.15) is 5.10 Å². The number of phenolic OH excluding ortho intramolecular Hbond substituents is 1. The second-order valence-electron chi connectivity index (χ2n) is 22.3. The first-order chi connectivity index (χ1) is 43.4. The van der Waals surface area contributed by atoms with Gasteiger partial charge in [-0.1, -0.05) is 65.6 Å². The molecule has 492 valence electrons. The number of ether oxygens (including phenoxy) is 1. The summed E-state index contributed by atoms with van der Waals surface area (Å²) in [4.78, 5) is 120. The molecule has 0 radical (unpaired) electrons. The lowest BCUT2D eigenvalue weighted by atomic mass is 9.96. The Hall–Kier alpha value is -8.13. The lowest BCUT2D eigenvalue weighted by molar-refractivity contribution is -0.433. The Bertz CT molecular complexity index is 3380. The van der Waals surface area contributed by atoms with E-state index < -0.39 is 183 Å². The topological polar surface area (TPSA) is 478 Å². The van der Waals surface area contributed by atoms with E-state index in [4.69, 9.17) is 30.0 Å². The summed E-state index contributed by atoms with van der Waals surface area (Å²) in [6.07, 6.45) is -11.3. The molecule has 16 N–H and O–H groups in total. The highest BCUT2D eigenvalue weighted by Gasteiger charge is 2.50. The fraction of sp³-hybridized carbons (Fsp3) is 0.474. The third-order valence-corrected chi connectivity index (χ3v) is 16.9. The van der Waals surface area contributed by atoms with Crippen molar-refractivity contribution in [3.8, 4) is 39.1 Å². The smallest absolute Gasteiger partial charge is 0.261 e. The molecule has 14 atom stereocenters. The predicted molar refractivity (Wildman–Crippen MR) is 318 cm³/mol. The van der Waals surface area contributed by atoms with Crippen LogP contribution in [-0.4, -0.2) is 217 Å². The summed E-state index contributed by atoms with van der Waals surface area (Å²) in [5.41, 5.74) is 6.97. The molecule has 14 unspecified atom stereocenters. The zero-order valence-corrected chi connectivity index (χ0v) is 50.8. The Morgan fingerprint density at radius 2 is 1.51 bits per heavy atom. The zero-order chi connectivity index (χ0) is 66.0.